The van der Waals surface area contributed by atoms with Gasteiger partial charge in [0.25, 0.3) is 0 Å². The molecule has 9 heteroatoms. The molecule has 1 heterocycles. The molecule has 3 N–H and O–H groups in total. The van der Waals surface area contributed by atoms with Crippen molar-refractivity contribution in [3.8, 4) is 11.5 Å². The molecule has 4 rings (SSSR count). The van der Waals surface area contributed by atoms with Gasteiger partial charge < -0.3 is 24.8 Å². The largest absolute Gasteiger partial charge is 0.490 e. The molecule has 0 unspecified atom stereocenters. The van der Waals surface area contributed by atoms with E-state index in [2.05, 4.69) is 15.3 Å². The molecule has 32 heavy (non-hydrogen) atoms. The van der Waals surface area contributed by atoms with E-state index in [1.54, 1.807) is 18.2 Å². The van der Waals surface area contributed by atoms with Crippen molar-refractivity contribution in [2.75, 3.05) is 11.9 Å². The van der Waals surface area contributed by atoms with Crippen molar-refractivity contribution in [3.63, 3.8) is 0 Å². The van der Waals surface area contributed by atoms with Crippen molar-refractivity contribution in [2.45, 2.75) is 20.1 Å². The highest BCUT2D eigenvalue weighted by atomic mass is 35.5. The minimum atomic E-state index is -0.238. The molecule has 1 aromatic heterocycles. The Bertz CT molecular complexity index is 1320. The molecule has 166 valence electrons. The number of halogens is 3. The number of H-pyrrole nitrogens is 2. The zero-order valence-electron chi connectivity index (χ0n) is 17.1. The molecule has 4 aromatic rings. The van der Waals surface area contributed by atoms with Crippen molar-refractivity contribution in [1.82, 2.24) is 9.97 Å². The average Bonchev–Trinajstić information content (AvgIpc) is 3.14. The third kappa shape index (κ3) is 5.15. The van der Waals surface area contributed by atoms with Crippen molar-refractivity contribution in [3.05, 3.63) is 85.2 Å². The number of benzene rings is 3. The zero-order chi connectivity index (χ0) is 22.7. The molecular formula is C23H20Cl3N3O3. The maximum atomic E-state index is 11.4. The van der Waals surface area contributed by atoms with Gasteiger partial charge in [0.1, 0.15) is 6.61 Å². The summed E-state index contributed by atoms with van der Waals surface area (Å²) in [6.45, 7) is 3.14. The van der Waals surface area contributed by atoms with E-state index >= 15 is 0 Å². The van der Waals surface area contributed by atoms with E-state index in [9.17, 15) is 4.79 Å². The van der Waals surface area contributed by atoms with Gasteiger partial charge in [0.2, 0.25) is 0 Å². The summed E-state index contributed by atoms with van der Waals surface area (Å²) in [6, 6.07) is 14.5. The van der Waals surface area contributed by atoms with Crippen LogP contribution < -0.4 is 20.5 Å². The third-order valence-corrected chi connectivity index (χ3v) is 5.88. The van der Waals surface area contributed by atoms with Crippen LogP contribution in [0, 0.1) is 0 Å². The van der Waals surface area contributed by atoms with Crippen LogP contribution in [-0.4, -0.2) is 16.6 Å². The first kappa shape index (κ1) is 22.4. The van der Waals surface area contributed by atoms with Crippen molar-refractivity contribution >= 4 is 51.5 Å². The Labute approximate surface area is 199 Å². The van der Waals surface area contributed by atoms with Gasteiger partial charge in [-0.05, 0) is 54.4 Å². The number of rotatable bonds is 8. The number of ether oxygens (including phenoxy) is 2. The summed E-state index contributed by atoms with van der Waals surface area (Å²) >= 11 is 18.6. The summed E-state index contributed by atoms with van der Waals surface area (Å²) in [5.74, 6) is 1.14. The second-order valence-corrected chi connectivity index (χ2v) is 8.28. The van der Waals surface area contributed by atoms with Crippen LogP contribution in [0.4, 0.5) is 5.69 Å². The number of nitrogens with one attached hydrogen (secondary N) is 3. The molecule has 0 radical (unpaired) electrons. The highest BCUT2D eigenvalue weighted by molar-refractivity contribution is 6.42. The van der Waals surface area contributed by atoms with Gasteiger partial charge in [0.05, 0.1) is 27.7 Å². The highest BCUT2D eigenvalue weighted by Crippen LogP contribution is 2.35. The Kier molecular flexibility index (Phi) is 6.84. The number of imidazole rings is 1. The van der Waals surface area contributed by atoms with E-state index < -0.39 is 0 Å². The summed E-state index contributed by atoms with van der Waals surface area (Å²) < 4.78 is 11.7. The molecule has 0 bridgehead atoms. The predicted octanol–water partition coefficient (Wildman–Crippen LogP) is 6.41. The van der Waals surface area contributed by atoms with Gasteiger partial charge in [-0.1, -0.05) is 40.9 Å². The van der Waals surface area contributed by atoms with Gasteiger partial charge in [0, 0.05) is 23.3 Å². The molecule has 0 aliphatic rings. The van der Waals surface area contributed by atoms with Crippen LogP contribution in [0.1, 0.15) is 18.1 Å². The number of hydrogen-bond acceptors (Lipinski definition) is 4. The van der Waals surface area contributed by atoms with Crippen LogP contribution in [0.2, 0.25) is 15.1 Å². The quantitative estimate of drug-likeness (QED) is 0.266. The van der Waals surface area contributed by atoms with Crippen LogP contribution in [0.25, 0.3) is 11.0 Å². The van der Waals surface area contributed by atoms with E-state index in [1.807, 2.05) is 37.3 Å². The Morgan fingerprint density at radius 3 is 2.41 bits per heavy atom. The molecule has 0 atom stereocenters. The Hall–Kier alpha value is -2.80. The van der Waals surface area contributed by atoms with Crippen LogP contribution in [0.3, 0.4) is 0 Å². The molecule has 0 aliphatic heterocycles. The van der Waals surface area contributed by atoms with Crippen LogP contribution >= 0.6 is 34.8 Å². The molecule has 0 saturated carbocycles. The van der Waals surface area contributed by atoms with Crippen molar-refractivity contribution < 1.29 is 9.47 Å². The lowest BCUT2D eigenvalue weighted by Gasteiger charge is -2.16. The lowest BCUT2D eigenvalue weighted by molar-refractivity contribution is 0.269. The number of aromatic nitrogens is 2. The maximum Gasteiger partial charge on any atom is 0.323 e. The first-order chi connectivity index (χ1) is 15.4. The molecule has 0 spiro atoms. The number of hydrogen-bond donors (Lipinski definition) is 3. The fourth-order valence-electron chi connectivity index (χ4n) is 3.22. The third-order valence-electron chi connectivity index (χ3n) is 4.79. The van der Waals surface area contributed by atoms with Crippen LogP contribution in [-0.2, 0) is 13.2 Å². The van der Waals surface area contributed by atoms with Gasteiger partial charge in [-0.2, -0.15) is 0 Å². The number of anilines is 1. The lowest BCUT2D eigenvalue weighted by Crippen LogP contribution is -2.04. The summed E-state index contributed by atoms with van der Waals surface area (Å²) in [4.78, 5) is 16.9. The molecule has 0 amide bonds. The number of fused-ring (bicyclic) bond motifs is 1. The number of aromatic amines is 2. The first-order valence-corrected chi connectivity index (χ1v) is 11.0. The Balaban J connectivity index is 1.50. The van der Waals surface area contributed by atoms with Gasteiger partial charge in [0.15, 0.2) is 11.5 Å². The Morgan fingerprint density at radius 2 is 1.62 bits per heavy atom. The Morgan fingerprint density at radius 1 is 0.844 bits per heavy atom. The van der Waals surface area contributed by atoms with E-state index in [0.29, 0.717) is 46.3 Å². The van der Waals surface area contributed by atoms with Gasteiger partial charge in [-0.25, -0.2) is 4.79 Å². The fraction of sp³-hybridized carbons (Fsp3) is 0.174. The summed E-state index contributed by atoms with van der Waals surface area (Å²) in [7, 11) is 0. The van der Waals surface area contributed by atoms with E-state index in [0.717, 1.165) is 27.8 Å². The summed E-state index contributed by atoms with van der Waals surface area (Å²) in [6.07, 6.45) is 0. The average molecular weight is 493 g/mol. The molecule has 0 aliphatic carbocycles. The second kappa shape index (κ2) is 9.77. The minimum Gasteiger partial charge on any atom is -0.490 e. The van der Waals surface area contributed by atoms with Crippen molar-refractivity contribution in [2.24, 2.45) is 0 Å². The van der Waals surface area contributed by atoms with E-state index in [1.165, 1.54) is 0 Å². The molecule has 0 fully saturated rings. The smallest absolute Gasteiger partial charge is 0.323 e. The van der Waals surface area contributed by atoms with Gasteiger partial charge >= 0.3 is 5.69 Å². The van der Waals surface area contributed by atoms with Gasteiger partial charge in [-0.3, -0.25) is 0 Å². The molecule has 0 saturated heterocycles. The normalized spacial score (nSPS) is 11.0. The minimum absolute atomic E-state index is 0.238. The lowest BCUT2D eigenvalue weighted by atomic mass is 10.2. The maximum absolute atomic E-state index is 11.4. The van der Waals surface area contributed by atoms with Crippen molar-refractivity contribution in [1.29, 1.82) is 0 Å². The van der Waals surface area contributed by atoms with Crippen LogP contribution in [0.5, 0.6) is 11.5 Å². The second-order valence-electron chi connectivity index (χ2n) is 7.05. The standard InChI is InChI=1S/C23H20Cl3N3O3/c1-2-31-21-8-14(11-27-15-4-6-19-20(9-15)29-23(30)28-19)17(25)10-22(21)32-12-13-3-5-16(24)18(26)7-13/h3-10,27H,2,11-12H2,1H3,(H2,28,29,30). The van der Waals surface area contributed by atoms with Gasteiger partial charge in [-0.15, -0.1) is 0 Å². The zero-order valence-corrected chi connectivity index (χ0v) is 19.4. The topological polar surface area (TPSA) is 79.1 Å². The monoisotopic (exact) mass is 491 g/mol. The molecular weight excluding hydrogens is 473 g/mol. The molecule has 3 aromatic carbocycles. The van der Waals surface area contributed by atoms with E-state index in [4.69, 9.17) is 44.3 Å². The summed E-state index contributed by atoms with van der Waals surface area (Å²) in [5.41, 5.74) is 3.81. The molecule has 6 nitrogen and oxygen atoms in total. The SMILES string of the molecule is CCOc1cc(CNc2ccc3[nH]c(=O)[nH]c3c2)c(Cl)cc1OCc1ccc(Cl)c(Cl)c1. The highest BCUT2D eigenvalue weighted by Gasteiger charge is 2.12. The predicted molar refractivity (Wildman–Crippen MR) is 130 cm³/mol. The van der Waals surface area contributed by atoms with Crippen LogP contribution in [0.15, 0.2) is 53.3 Å². The van der Waals surface area contributed by atoms with E-state index in [-0.39, 0.29) is 5.69 Å². The summed E-state index contributed by atoms with van der Waals surface area (Å²) in [5, 5.41) is 4.82. The fourth-order valence-corrected chi connectivity index (χ4v) is 3.77. The first-order valence-electron chi connectivity index (χ1n) is 9.91.